The van der Waals surface area contributed by atoms with Crippen molar-refractivity contribution < 1.29 is 4.79 Å². The third-order valence-corrected chi connectivity index (χ3v) is 4.79. The zero-order valence-electron chi connectivity index (χ0n) is 10.3. The quantitative estimate of drug-likeness (QED) is 0.921. The Kier molecular flexibility index (Phi) is 5.13. The number of nitrogens with one attached hydrogen (secondary N) is 1. The molecule has 0 aromatic heterocycles. The Hall–Kier alpha value is -0.940. The summed E-state index contributed by atoms with van der Waals surface area (Å²) in [5.74, 6) is 1.95. The van der Waals surface area contributed by atoms with Crippen LogP contribution in [0.1, 0.15) is 12.0 Å². The van der Waals surface area contributed by atoms with Crippen LogP contribution < -0.4 is 5.32 Å². The fraction of sp³-hybridized carbons (Fsp3) is 0.385. The molecule has 0 saturated carbocycles. The molecule has 0 atom stereocenters. The van der Waals surface area contributed by atoms with Gasteiger partial charge in [-0.15, -0.1) is 0 Å². The molecule has 0 fully saturated rings. The molecule has 1 aromatic rings. The maximum absolute atomic E-state index is 11.8. The average Bonchev–Trinajstić information content (AvgIpc) is 2.85. The van der Waals surface area contributed by atoms with Crippen LogP contribution in [0.15, 0.2) is 29.3 Å². The molecule has 2 rings (SSSR count). The second-order valence-electron chi connectivity index (χ2n) is 3.96. The van der Waals surface area contributed by atoms with Crippen LogP contribution >= 0.6 is 23.5 Å². The highest BCUT2D eigenvalue weighted by molar-refractivity contribution is 8.39. The summed E-state index contributed by atoms with van der Waals surface area (Å²) in [7, 11) is 0. The maximum atomic E-state index is 11.8. The minimum Gasteiger partial charge on any atom is -0.326 e. The maximum Gasteiger partial charge on any atom is 0.225 e. The van der Waals surface area contributed by atoms with Gasteiger partial charge in [0, 0.05) is 23.6 Å². The first-order valence-electron chi connectivity index (χ1n) is 5.91. The number of aliphatic imine (C=N–C) groups is 1. The fourth-order valence-corrected chi connectivity index (χ4v) is 3.58. The number of para-hydroxylation sites is 1. The Balaban J connectivity index is 1.73. The van der Waals surface area contributed by atoms with Crippen molar-refractivity contribution in [3.63, 3.8) is 0 Å². The molecule has 96 valence electrons. The predicted octanol–water partition coefficient (Wildman–Crippen LogP) is 3.16. The summed E-state index contributed by atoms with van der Waals surface area (Å²) in [5.41, 5.74) is 1.99. The normalized spacial score (nSPS) is 14.4. The molecule has 1 heterocycles. The molecule has 0 saturated heterocycles. The van der Waals surface area contributed by atoms with Crippen molar-refractivity contribution in [2.24, 2.45) is 4.99 Å². The minimum atomic E-state index is 0.0698. The zero-order valence-corrected chi connectivity index (χ0v) is 11.9. The van der Waals surface area contributed by atoms with E-state index in [1.54, 1.807) is 23.5 Å². The van der Waals surface area contributed by atoms with E-state index in [1.165, 1.54) is 0 Å². The molecule has 18 heavy (non-hydrogen) atoms. The topological polar surface area (TPSA) is 41.5 Å². The van der Waals surface area contributed by atoms with Gasteiger partial charge in [-0.25, -0.2) is 0 Å². The highest BCUT2D eigenvalue weighted by Crippen LogP contribution is 2.22. The number of hydrogen-bond acceptors (Lipinski definition) is 4. The lowest BCUT2D eigenvalue weighted by molar-refractivity contribution is -0.115. The van der Waals surface area contributed by atoms with Gasteiger partial charge in [0.15, 0.2) is 0 Å². The van der Waals surface area contributed by atoms with Crippen LogP contribution in [0.3, 0.4) is 0 Å². The molecule has 1 aliphatic rings. The molecule has 0 spiro atoms. The van der Waals surface area contributed by atoms with Crippen LogP contribution in [0.2, 0.25) is 0 Å². The lowest BCUT2D eigenvalue weighted by Crippen LogP contribution is -2.13. The van der Waals surface area contributed by atoms with Gasteiger partial charge in [0.2, 0.25) is 5.91 Å². The number of rotatable bonds is 4. The second kappa shape index (κ2) is 6.85. The zero-order chi connectivity index (χ0) is 12.8. The van der Waals surface area contributed by atoms with Gasteiger partial charge in [0.05, 0.1) is 6.54 Å². The molecule has 0 bridgehead atoms. The van der Waals surface area contributed by atoms with E-state index in [0.29, 0.717) is 6.42 Å². The van der Waals surface area contributed by atoms with Crippen molar-refractivity contribution in [2.45, 2.75) is 13.3 Å². The van der Waals surface area contributed by atoms with Crippen LogP contribution in [0, 0.1) is 6.92 Å². The predicted molar refractivity (Wildman–Crippen MR) is 81.6 cm³/mol. The number of hydrogen-bond donors (Lipinski definition) is 1. The van der Waals surface area contributed by atoms with E-state index >= 15 is 0 Å². The molecule has 1 aliphatic heterocycles. The standard InChI is InChI=1S/C13H16N2OS2/c1-10-4-2-3-5-11(10)15-12(16)6-8-17-13-14-7-9-18-13/h2-5H,6-9H2,1H3,(H,15,16). The first-order valence-corrected chi connectivity index (χ1v) is 7.88. The summed E-state index contributed by atoms with van der Waals surface area (Å²) in [6.07, 6.45) is 0.526. The smallest absolute Gasteiger partial charge is 0.225 e. The molecular formula is C13H16N2OS2. The molecule has 5 heteroatoms. The van der Waals surface area contributed by atoms with Crippen LogP contribution in [-0.4, -0.2) is 28.3 Å². The summed E-state index contributed by atoms with van der Waals surface area (Å²) in [6.45, 7) is 2.91. The van der Waals surface area contributed by atoms with Gasteiger partial charge < -0.3 is 5.32 Å². The number of carbonyl (C=O) groups excluding carboxylic acids is 1. The number of benzene rings is 1. The van der Waals surface area contributed by atoms with Crippen LogP contribution in [-0.2, 0) is 4.79 Å². The highest BCUT2D eigenvalue weighted by Gasteiger charge is 2.09. The molecule has 0 unspecified atom stereocenters. The van der Waals surface area contributed by atoms with E-state index in [2.05, 4.69) is 10.3 Å². The first-order chi connectivity index (χ1) is 8.75. The van der Waals surface area contributed by atoms with E-state index in [9.17, 15) is 4.79 Å². The fourth-order valence-electron chi connectivity index (χ4n) is 1.56. The Labute approximate surface area is 116 Å². The van der Waals surface area contributed by atoms with Crippen molar-refractivity contribution in [2.75, 3.05) is 23.4 Å². The number of carbonyl (C=O) groups is 1. The third-order valence-electron chi connectivity index (χ3n) is 2.53. The van der Waals surface area contributed by atoms with E-state index in [1.807, 2.05) is 31.2 Å². The summed E-state index contributed by atoms with van der Waals surface area (Å²) in [4.78, 5) is 16.1. The van der Waals surface area contributed by atoms with Gasteiger partial charge in [0.25, 0.3) is 0 Å². The molecular weight excluding hydrogens is 264 g/mol. The van der Waals surface area contributed by atoms with Gasteiger partial charge in [-0.1, -0.05) is 41.7 Å². The SMILES string of the molecule is Cc1ccccc1NC(=O)CCSC1=NCCS1. The largest absolute Gasteiger partial charge is 0.326 e. The average molecular weight is 280 g/mol. The van der Waals surface area contributed by atoms with E-state index < -0.39 is 0 Å². The van der Waals surface area contributed by atoms with Gasteiger partial charge in [-0.05, 0) is 18.6 Å². The van der Waals surface area contributed by atoms with Crippen molar-refractivity contribution >= 4 is 39.5 Å². The molecule has 1 N–H and O–H groups in total. The van der Waals surface area contributed by atoms with Crippen LogP contribution in [0.4, 0.5) is 5.69 Å². The third kappa shape index (κ3) is 4.07. The van der Waals surface area contributed by atoms with Crippen molar-refractivity contribution in [1.29, 1.82) is 0 Å². The summed E-state index contributed by atoms with van der Waals surface area (Å²) < 4.78 is 1.12. The Morgan fingerprint density at radius 3 is 3.06 bits per heavy atom. The van der Waals surface area contributed by atoms with Gasteiger partial charge >= 0.3 is 0 Å². The molecule has 0 radical (unpaired) electrons. The lowest BCUT2D eigenvalue weighted by Gasteiger charge is -2.07. The van der Waals surface area contributed by atoms with Crippen LogP contribution in [0.25, 0.3) is 0 Å². The van der Waals surface area contributed by atoms with Crippen molar-refractivity contribution in [3.05, 3.63) is 29.8 Å². The van der Waals surface area contributed by atoms with Crippen molar-refractivity contribution in [1.82, 2.24) is 0 Å². The number of amides is 1. The molecule has 3 nitrogen and oxygen atoms in total. The Morgan fingerprint density at radius 2 is 2.33 bits per heavy atom. The highest BCUT2D eigenvalue weighted by atomic mass is 32.2. The molecule has 1 amide bonds. The number of thioether (sulfide) groups is 2. The lowest BCUT2D eigenvalue weighted by atomic mass is 10.2. The second-order valence-corrected chi connectivity index (χ2v) is 6.38. The summed E-state index contributed by atoms with van der Waals surface area (Å²) in [5, 5.41) is 2.94. The number of anilines is 1. The van der Waals surface area contributed by atoms with Gasteiger partial charge in [0.1, 0.15) is 4.38 Å². The number of aryl methyl sites for hydroxylation is 1. The first kappa shape index (κ1) is 13.5. The van der Waals surface area contributed by atoms with E-state index in [-0.39, 0.29) is 5.91 Å². The van der Waals surface area contributed by atoms with Gasteiger partial charge in [-0.3, -0.25) is 9.79 Å². The minimum absolute atomic E-state index is 0.0698. The summed E-state index contributed by atoms with van der Waals surface area (Å²) >= 11 is 3.46. The summed E-state index contributed by atoms with van der Waals surface area (Å²) in [6, 6.07) is 7.82. The van der Waals surface area contributed by atoms with Gasteiger partial charge in [-0.2, -0.15) is 0 Å². The van der Waals surface area contributed by atoms with E-state index in [0.717, 1.165) is 33.7 Å². The molecule has 1 aromatic carbocycles. The molecule has 0 aliphatic carbocycles. The Bertz CT molecular complexity index is 460. The number of nitrogens with zero attached hydrogens (tertiary/aromatic N) is 1. The van der Waals surface area contributed by atoms with E-state index in [4.69, 9.17) is 0 Å². The Morgan fingerprint density at radius 1 is 1.50 bits per heavy atom. The van der Waals surface area contributed by atoms with Crippen LogP contribution in [0.5, 0.6) is 0 Å². The van der Waals surface area contributed by atoms with Crippen molar-refractivity contribution in [3.8, 4) is 0 Å². The monoisotopic (exact) mass is 280 g/mol.